The molecule has 0 amide bonds. The summed E-state index contributed by atoms with van der Waals surface area (Å²) in [5.74, 6) is 0.321. The van der Waals surface area contributed by atoms with Gasteiger partial charge in [0, 0.05) is 6.61 Å². The van der Waals surface area contributed by atoms with Crippen LogP contribution < -0.4 is 0 Å². The van der Waals surface area contributed by atoms with E-state index in [1.165, 1.54) is 244 Å². The van der Waals surface area contributed by atoms with E-state index in [9.17, 15) is 14.7 Å². The van der Waals surface area contributed by atoms with Crippen LogP contribution in [0.2, 0.25) is 0 Å². The molecule has 72 heavy (non-hydrogen) atoms. The molecule has 0 rings (SSSR count). The normalized spacial score (nSPS) is 12.5. The van der Waals surface area contributed by atoms with Gasteiger partial charge in [0.25, 0.3) is 0 Å². The van der Waals surface area contributed by atoms with Crippen molar-refractivity contribution < 1.29 is 24.2 Å². The standard InChI is InChI=1S/C66H131NO5/c1-5-9-13-17-21-25-27-30-34-38-46-56-63(53-43-35-31-24-20-16-12-8-4)65(69)71-61-51-41-39-47-57-67(59-49-50-60-68)58-48-40-42-52-62-72-66(70)64(54-44-36-32-28-23-19-15-11-7-3)55-45-37-33-29-26-22-18-14-10-6-2/h63-64,68H,5-62H2,1-4H3. The topological polar surface area (TPSA) is 76.1 Å². The van der Waals surface area contributed by atoms with Crippen LogP contribution in [0.5, 0.6) is 0 Å². The average molecular weight is 1020 g/mol. The Morgan fingerprint density at radius 3 is 0.750 bits per heavy atom. The Kier molecular flexibility index (Phi) is 59.8. The molecule has 0 heterocycles. The molecule has 2 atom stereocenters. The van der Waals surface area contributed by atoms with E-state index in [0.717, 1.165) is 110 Å². The summed E-state index contributed by atoms with van der Waals surface area (Å²) < 4.78 is 11.9. The number of rotatable bonds is 62. The van der Waals surface area contributed by atoms with Crippen LogP contribution in [0.25, 0.3) is 0 Å². The third-order valence-electron chi connectivity index (χ3n) is 15.9. The highest BCUT2D eigenvalue weighted by Gasteiger charge is 2.21. The van der Waals surface area contributed by atoms with Crippen molar-refractivity contribution in [2.45, 2.75) is 362 Å². The second-order valence-corrected chi connectivity index (χ2v) is 23.0. The molecule has 0 radical (unpaired) electrons. The zero-order chi connectivity index (χ0) is 52.3. The molecule has 0 saturated heterocycles. The Labute approximate surface area is 452 Å². The van der Waals surface area contributed by atoms with Gasteiger partial charge in [-0.15, -0.1) is 0 Å². The number of aliphatic hydroxyl groups excluding tert-OH is 1. The van der Waals surface area contributed by atoms with E-state index in [4.69, 9.17) is 9.47 Å². The molecule has 0 aliphatic heterocycles. The fourth-order valence-electron chi connectivity index (χ4n) is 10.9. The Morgan fingerprint density at radius 2 is 0.500 bits per heavy atom. The van der Waals surface area contributed by atoms with Crippen molar-refractivity contribution in [3.05, 3.63) is 0 Å². The molecule has 0 aromatic carbocycles. The van der Waals surface area contributed by atoms with E-state index in [1.54, 1.807) is 0 Å². The first-order valence-electron chi connectivity index (χ1n) is 33.2. The van der Waals surface area contributed by atoms with Crippen molar-refractivity contribution >= 4 is 11.9 Å². The van der Waals surface area contributed by atoms with Gasteiger partial charge in [0.15, 0.2) is 0 Å². The number of unbranched alkanes of at least 4 members (excludes halogenated alkanes) is 41. The van der Waals surface area contributed by atoms with E-state index in [-0.39, 0.29) is 30.4 Å². The predicted molar refractivity (Wildman–Crippen MR) is 315 cm³/mol. The molecule has 0 aliphatic rings. The number of nitrogens with zero attached hydrogens (tertiary/aromatic N) is 1. The lowest BCUT2D eigenvalue weighted by molar-refractivity contribution is -0.150. The first-order chi connectivity index (χ1) is 35.5. The van der Waals surface area contributed by atoms with Gasteiger partial charge in [-0.2, -0.15) is 0 Å². The second kappa shape index (κ2) is 60.7. The van der Waals surface area contributed by atoms with Gasteiger partial charge < -0.3 is 19.5 Å². The van der Waals surface area contributed by atoms with Gasteiger partial charge >= 0.3 is 11.9 Å². The molecule has 0 aliphatic carbocycles. The van der Waals surface area contributed by atoms with Crippen LogP contribution in [0, 0.1) is 11.8 Å². The van der Waals surface area contributed by atoms with Gasteiger partial charge in [0.05, 0.1) is 25.0 Å². The lowest BCUT2D eigenvalue weighted by atomic mass is 9.94. The number of hydrogen-bond acceptors (Lipinski definition) is 6. The van der Waals surface area contributed by atoms with Crippen molar-refractivity contribution in [1.29, 1.82) is 0 Å². The minimum atomic E-state index is 0.0753. The fourth-order valence-corrected chi connectivity index (χ4v) is 10.9. The number of esters is 2. The monoisotopic (exact) mass is 1020 g/mol. The van der Waals surface area contributed by atoms with Crippen LogP contribution in [0.1, 0.15) is 362 Å². The molecule has 6 heteroatoms. The smallest absolute Gasteiger partial charge is 0.308 e. The zero-order valence-corrected chi connectivity index (χ0v) is 49.7. The maximum absolute atomic E-state index is 13.4. The zero-order valence-electron chi connectivity index (χ0n) is 49.7. The Morgan fingerprint density at radius 1 is 0.292 bits per heavy atom. The van der Waals surface area contributed by atoms with E-state index in [1.807, 2.05) is 0 Å². The Balaban J connectivity index is 4.60. The van der Waals surface area contributed by atoms with E-state index in [2.05, 4.69) is 32.6 Å². The van der Waals surface area contributed by atoms with Crippen LogP contribution in [-0.2, 0) is 19.1 Å². The molecule has 0 fully saturated rings. The summed E-state index contributed by atoms with van der Waals surface area (Å²) in [6.45, 7) is 13.8. The number of carbonyl (C=O) groups is 2. The van der Waals surface area contributed by atoms with Crippen LogP contribution in [0.4, 0.5) is 0 Å². The Bertz CT molecular complexity index is 1050. The molecule has 0 spiro atoms. The number of hydrogen-bond donors (Lipinski definition) is 1. The van der Waals surface area contributed by atoms with Crippen molar-refractivity contribution in [1.82, 2.24) is 4.90 Å². The van der Waals surface area contributed by atoms with Crippen LogP contribution >= 0.6 is 0 Å². The Hall–Kier alpha value is -1.14. The van der Waals surface area contributed by atoms with Gasteiger partial charge in [0.2, 0.25) is 0 Å². The first kappa shape index (κ1) is 70.9. The molecule has 430 valence electrons. The highest BCUT2D eigenvalue weighted by atomic mass is 16.5. The minimum Gasteiger partial charge on any atom is -0.465 e. The molecule has 0 bridgehead atoms. The highest BCUT2D eigenvalue weighted by molar-refractivity contribution is 5.72. The lowest BCUT2D eigenvalue weighted by Crippen LogP contribution is -2.27. The number of ether oxygens (including phenoxy) is 2. The quantitative estimate of drug-likeness (QED) is 0.0483. The largest absolute Gasteiger partial charge is 0.465 e. The predicted octanol–water partition coefficient (Wildman–Crippen LogP) is 21.0. The summed E-state index contributed by atoms with van der Waals surface area (Å²) in [7, 11) is 0. The molecule has 1 N–H and O–H groups in total. The van der Waals surface area contributed by atoms with Crippen molar-refractivity contribution in [3.8, 4) is 0 Å². The molecule has 2 unspecified atom stereocenters. The molecular formula is C66H131NO5. The van der Waals surface area contributed by atoms with Crippen LogP contribution in [0.15, 0.2) is 0 Å². The van der Waals surface area contributed by atoms with Crippen molar-refractivity contribution in [3.63, 3.8) is 0 Å². The third kappa shape index (κ3) is 52.3. The second-order valence-electron chi connectivity index (χ2n) is 23.0. The average Bonchev–Trinajstić information content (AvgIpc) is 3.38. The summed E-state index contributed by atoms with van der Waals surface area (Å²) in [6.07, 6.45) is 65.2. The van der Waals surface area contributed by atoms with Crippen molar-refractivity contribution in [2.75, 3.05) is 39.5 Å². The maximum atomic E-state index is 13.4. The summed E-state index contributed by atoms with van der Waals surface area (Å²) in [5.41, 5.74) is 0. The van der Waals surface area contributed by atoms with Gasteiger partial charge in [0.1, 0.15) is 0 Å². The summed E-state index contributed by atoms with van der Waals surface area (Å²) in [4.78, 5) is 29.3. The third-order valence-corrected chi connectivity index (χ3v) is 15.9. The lowest BCUT2D eigenvalue weighted by Gasteiger charge is -2.22. The van der Waals surface area contributed by atoms with Crippen LogP contribution in [-0.4, -0.2) is 61.4 Å². The molecule has 0 saturated carbocycles. The molecule has 0 aromatic heterocycles. The summed E-state index contributed by atoms with van der Waals surface area (Å²) >= 11 is 0. The highest BCUT2D eigenvalue weighted by Crippen LogP contribution is 2.24. The number of carbonyl (C=O) groups excluding carboxylic acids is 2. The van der Waals surface area contributed by atoms with Gasteiger partial charge in [-0.1, -0.05) is 297 Å². The van der Waals surface area contributed by atoms with Crippen molar-refractivity contribution in [2.24, 2.45) is 11.8 Å². The van der Waals surface area contributed by atoms with Gasteiger partial charge in [-0.05, 0) is 83.8 Å². The van der Waals surface area contributed by atoms with Gasteiger partial charge in [-0.25, -0.2) is 0 Å². The van der Waals surface area contributed by atoms with E-state index >= 15 is 0 Å². The molecule has 6 nitrogen and oxygen atoms in total. The summed E-state index contributed by atoms with van der Waals surface area (Å²) in [5, 5.41) is 9.46. The van der Waals surface area contributed by atoms with E-state index < -0.39 is 0 Å². The van der Waals surface area contributed by atoms with Crippen LogP contribution in [0.3, 0.4) is 0 Å². The number of aliphatic hydroxyl groups is 1. The van der Waals surface area contributed by atoms with Gasteiger partial charge in [-0.3, -0.25) is 9.59 Å². The fraction of sp³-hybridized carbons (Fsp3) is 0.970. The maximum Gasteiger partial charge on any atom is 0.308 e. The molecular weight excluding hydrogens is 887 g/mol. The summed E-state index contributed by atoms with van der Waals surface area (Å²) in [6, 6.07) is 0. The molecule has 0 aromatic rings. The SMILES string of the molecule is CCCCCCCCCCCCCC(CCCCCCCCCC)C(=O)OCCCCCCN(CCCCO)CCCCCCOC(=O)C(CCCCCCCCCCC)CCCCCCCCCCCC. The minimum absolute atomic E-state index is 0.0753. The first-order valence-corrected chi connectivity index (χ1v) is 33.2. The van der Waals surface area contributed by atoms with E-state index in [0.29, 0.717) is 13.2 Å².